The molecule has 2 aromatic carbocycles. The van der Waals surface area contributed by atoms with Crippen molar-refractivity contribution >= 4 is 15.7 Å². The highest BCUT2D eigenvalue weighted by atomic mass is 32.2. The first-order valence-electron chi connectivity index (χ1n) is 9.85. The molecule has 7 nitrogen and oxygen atoms in total. The topological polar surface area (TPSA) is 68.3 Å². The van der Waals surface area contributed by atoms with Gasteiger partial charge < -0.3 is 19.1 Å². The van der Waals surface area contributed by atoms with Crippen LogP contribution in [0, 0.1) is 0 Å². The summed E-state index contributed by atoms with van der Waals surface area (Å²) in [6.07, 6.45) is 1.52. The summed E-state index contributed by atoms with van der Waals surface area (Å²) in [7, 11) is -1.97. The normalized spacial score (nSPS) is 16.8. The van der Waals surface area contributed by atoms with Crippen LogP contribution in [0.25, 0.3) is 0 Å². The minimum atomic E-state index is -3.62. The van der Waals surface area contributed by atoms with E-state index in [1.54, 1.807) is 17.5 Å². The molecule has 0 radical (unpaired) electrons. The van der Waals surface area contributed by atoms with E-state index >= 15 is 0 Å². The van der Waals surface area contributed by atoms with E-state index in [4.69, 9.17) is 14.2 Å². The molecular weight excluding hydrogens is 392 g/mol. The van der Waals surface area contributed by atoms with Gasteiger partial charge in [0.15, 0.2) is 11.5 Å². The largest absolute Gasteiger partial charge is 0.495 e. The van der Waals surface area contributed by atoms with Gasteiger partial charge in [-0.05, 0) is 30.2 Å². The SMILES string of the molecule is CCCc1cc2c(cc1S(=O)(=O)N1CCN(c3ccccc3OC)CC1)OCO2. The molecule has 1 saturated heterocycles. The van der Waals surface area contributed by atoms with E-state index in [1.165, 1.54) is 0 Å². The Bertz CT molecular complexity index is 985. The molecule has 0 aliphatic carbocycles. The van der Waals surface area contributed by atoms with Crippen LogP contribution in [0.2, 0.25) is 0 Å². The minimum absolute atomic E-state index is 0.127. The molecule has 0 bridgehead atoms. The number of rotatable bonds is 6. The van der Waals surface area contributed by atoms with Gasteiger partial charge in [-0.15, -0.1) is 0 Å². The maximum absolute atomic E-state index is 13.4. The predicted octanol–water partition coefficient (Wildman–Crippen LogP) is 2.89. The smallest absolute Gasteiger partial charge is 0.243 e. The molecule has 0 spiro atoms. The number of benzene rings is 2. The zero-order valence-electron chi connectivity index (χ0n) is 16.8. The lowest BCUT2D eigenvalue weighted by molar-refractivity contribution is 0.174. The van der Waals surface area contributed by atoms with Gasteiger partial charge >= 0.3 is 0 Å². The molecule has 29 heavy (non-hydrogen) atoms. The van der Waals surface area contributed by atoms with Crippen LogP contribution in [0.4, 0.5) is 5.69 Å². The van der Waals surface area contributed by atoms with E-state index in [9.17, 15) is 8.42 Å². The van der Waals surface area contributed by atoms with Crippen LogP contribution in [0.15, 0.2) is 41.3 Å². The number of hydrogen-bond donors (Lipinski definition) is 0. The van der Waals surface area contributed by atoms with Gasteiger partial charge in [-0.25, -0.2) is 8.42 Å². The summed E-state index contributed by atoms with van der Waals surface area (Å²) in [6.45, 7) is 4.20. The Kier molecular flexibility index (Phi) is 5.56. The van der Waals surface area contributed by atoms with E-state index in [-0.39, 0.29) is 6.79 Å². The summed E-state index contributed by atoms with van der Waals surface area (Å²) in [5, 5.41) is 0. The monoisotopic (exact) mass is 418 g/mol. The fraction of sp³-hybridized carbons (Fsp3) is 0.429. The molecular formula is C21H26N2O5S. The number of methoxy groups -OCH3 is 1. The lowest BCUT2D eigenvalue weighted by Crippen LogP contribution is -2.48. The second-order valence-electron chi connectivity index (χ2n) is 7.13. The van der Waals surface area contributed by atoms with Gasteiger partial charge in [0.25, 0.3) is 0 Å². The van der Waals surface area contributed by atoms with Crippen LogP contribution in [-0.2, 0) is 16.4 Å². The Balaban J connectivity index is 1.57. The van der Waals surface area contributed by atoms with Crippen LogP contribution >= 0.6 is 0 Å². The van der Waals surface area contributed by atoms with Crippen molar-refractivity contribution in [1.82, 2.24) is 4.31 Å². The van der Waals surface area contributed by atoms with Gasteiger partial charge in [-0.2, -0.15) is 4.31 Å². The molecule has 0 N–H and O–H groups in total. The van der Waals surface area contributed by atoms with Gasteiger partial charge in [0, 0.05) is 32.2 Å². The first kappa shape index (κ1) is 19.8. The van der Waals surface area contributed by atoms with Crippen molar-refractivity contribution in [2.45, 2.75) is 24.7 Å². The molecule has 1 fully saturated rings. The number of ether oxygens (including phenoxy) is 3. The van der Waals surface area contributed by atoms with Crippen molar-refractivity contribution in [3.8, 4) is 17.2 Å². The third-order valence-corrected chi connectivity index (χ3v) is 7.34. The van der Waals surface area contributed by atoms with Gasteiger partial charge in [-0.3, -0.25) is 0 Å². The number of nitrogens with zero attached hydrogens (tertiary/aromatic N) is 2. The molecule has 2 aliphatic rings. The van der Waals surface area contributed by atoms with Crippen LogP contribution < -0.4 is 19.1 Å². The molecule has 8 heteroatoms. The Morgan fingerprint density at radius 3 is 2.41 bits per heavy atom. The third kappa shape index (κ3) is 3.74. The van der Waals surface area contributed by atoms with Crippen molar-refractivity contribution in [3.05, 3.63) is 42.0 Å². The lowest BCUT2D eigenvalue weighted by atomic mass is 10.1. The number of anilines is 1. The van der Waals surface area contributed by atoms with Gasteiger partial charge in [0.2, 0.25) is 16.8 Å². The average Bonchev–Trinajstić information content (AvgIpc) is 3.21. The standard InChI is InChI=1S/C21H26N2O5S/c1-3-6-16-13-19-20(28-15-27-19)14-21(16)29(24,25)23-11-9-22(10-12-23)17-7-4-5-8-18(17)26-2/h4-5,7-8,13-14H,3,6,9-12,15H2,1-2H3. The number of para-hydroxylation sites is 2. The van der Waals surface area contributed by atoms with Gasteiger partial charge in [0.05, 0.1) is 17.7 Å². The zero-order valence-corrected chi connectivity index (χ0v) is 17.6. The summed E-state index contributed by atoms with van der Waals surface area (Å²) in [4.78, 5) is 2.49. The summed E-state index contributed by atoms with van der Waals surface area (Å²) in [6, 6.07) is 11.2. The van der Waals surface area contributed by atoms with Crippen molar-refractivity contribution in [3.63, 3.8) is 0 Å². The van der Waals surface area contributed by atoms with Crippen molar-refractivity contribution in [2.75, 3.05) is 45.0 Å². The highest BCUT2D eigenvalue weighted by molar-refractivity contribution is 7.89. The maximum Gasteiger partial charge on any atom is 0.243 e. The number of sulfonamides is 1. The van der Waals surface area contributed by atoms with E-state index in [1.807, 2.05) is 37.3 Å². The van der Waals surface area contributed by atoms with Crippen molar-refractivity contribution < 1.29 is 22.6 Å². The van der Waals surface area contributed by atoms with E-state index in [0.29, 0.717) is 49.0 Å². The molecule has 2 aromatic rings. The van der Waals surface area contributed by atoms with Crippen LogP contribution in [0.5, 0.6) is 17.2 Å². The molecule has 0 saturated carbocycles. The molecule has 0 atom stereocenters. The third-order valence-electron chi connectivity index (χ3n) is 5.36. The Labute approximate surface area is 171 Å². The second kappa shape index (κ2) is 8.12. The fourth-order valence-electron chi connectivity index (χ4n) is 3.87. The first-order valence-corrected chi connectivity index (χ1v) is 11.3. The quantitative estimate of drug-likeness (QED) is 0.719. The molecule has 4 rings (SSSR count). The van der Waals surface area contributed by atoms with Crippen LogP contribution in [-0.4, -0.2) is 52.8 Å². The van der Waals surface area contributed by atoms with Gasteiger partial charge in [-0.1, -0.05) is 25.5 Å². The highest BCUT2D eigenvalue weighted by Gasteiger charge is 2.32. The molecule has 0 unspecified atom stereocenters. The molecule has 156 valence electrons. The fourth-order valence-corrected chi connectivity index (χ4v) is 5.54. The molecule has 2 aliphatic heterocycles. The molecule has 2 heterocycles. The average molecular weight is 419 g/mol. The lowest BCUT2D eigenvalue weighted by Gasteiger charge is -2.36. The summed E-state index contributed by atoms with van der Waals surface area (Å²) >= 11 is 0. The minimum Gasteiger partial charge on any atom is -0.495 e. The van der Waals surface area contributed by atoms with Crippen LogP contribution in [0.1, 0.15) is 18.9 Å². The Morgan fingerprint density at radius 1 is 1.03 bits per heavy atom. The molecule has 0 amide bonds. The Hall–Kier alpha value is -2.45. The summed E-state index contributed by atoms with van der Waals surface area (Å²) < 4.78 is 44.7. The van der Waals surface area contributed by atoms with E-state index in [0.717, 1.165) is 23.4 Å². The zero-order chi connectivity index (χ0) is 20.4. The number of aryl methyl sites for hydroxylation is 1. The number of piperazine rings is 1. The first-order chi connectivity index (χ1) is 14.0. The van der Waals surface area contributed by atoms with E-state index in [2.05, 4.69) is 4.90 Å². The Morgan fingerprint density at radius 2 is 1.72 bits per heavy atom. The molecule has 0 aromatic heterocycles. The highest BCUT2D eigenvalue weighted by Crippen LogP contribution is 2.38. The number of hydrogen-bond acceptors (Lipinski definition) is 6. The predicted molar refractivity (Wildman–Crippen MR) is 111 cm³/mol. The van der Waals surface area contributed by atoms with Gasteiger partial charge in [0.1, 0.15) is 5.75 Å². The second-order valence-corrected chi connectivity index (χ2v) is 9.03. The van der Waals surface area contributed by atoms with Crippen molar-refractivity contribution in [2.24, 2.45) is 0 Å². The van der Waals surface area contributed by atoms with E-state index < -0.39 is 10.0 Å². The summed E-state index contributed by atoms with van der Waals surface area (Å²) in [5.74, 6) is 1.91. The number of fused-ring (bicyclic) bond motifs is 1. The van der Waals surface area contributed by atoms with Crippen LogP contribution in [0.3, 0.4) is 0 Å². The van der Waals surface area contributed by atoms with Crippen molar-refractivity contribution in [1.29, 1.82) is 0 Å². The summed E-state index contributed by atoms with van der Waals surface area (Å²) in [5.41, 5.74) is 1.77. The maximum atomic E-state index is 13.4.